The zero-order chi connectivity index (χ0) is 25.0. The molecule has 0 radical (unpaired) electrons. The Bertz CT molecular complexity index is 939. The van der Waals surface area contributed by atoms with Crippen LogP contribution in [0.25, 0.3) is 0 Å². The van der Waals surface area contributed by atoms with Gasteiger partial charge in [0.15, 0.2) is 0 Å². The van der Waals surface area contributed by atoms with Crippen LogP contribution >= 0.6 is 0 Å². The molecule has 2 aromatic rings. The van der Waals surface area contributed by atoms with E-state index < -0.39 is 12.4 Å². The third-order valence-electron chi connectivity index (χ3n) is 5.58. The standard InChI is InChI=1S/C26H37BNO6.K/c1-25(2,3)34-24(29)28(6)17-16-23(20-10-8-7-9-11-20)33-22-14-12-21(13-15-22)27(30)31-18-26(4,5)19-32-27;/h7-15,23,30H,16-19H2,1-6H3;/q-1;+1. The van der Waals surface area contributed by atoms with Crippen molar-refractivity contribution in [2.75, 3.05) is 26.8 Å². The van der Waals surface area contributed by atoms with E-state index in [4.69, 9.17) is 18.8 Å². The average molecular weight is 509 g/mol. The number of benzene rings is 2. The van der Waals surface area contributed by atoms with Crippen molar-refractivity contribution in [3.05, 3.63) is 60.2 Å². The monoisotopic (exact) mass is 509 g/mol. The van der Waals surface area contributed by atoms with Gasteiger partial charge in [0.05, 0.1) is 0 Å². The Labute approximate surface area is 251 Å². The van der Waals surface area contributed by atoms with Crippen molar-refractivity contribution >= 4 is 18.3 Å². The maximum Gasteiger partial charge on any atom is 1.00 e. The van der Waals surface area contributed by atoms with E-state index >= 15 is 0 Å². The minimum atomic E-state index is -2.50. The molecule has 1 atom stereocenters. The number of amides is 1. The molecule has 0 aliphatic carbocycles. The maximum absolute atomic E-state index is 12.3. The topological polar surface area (TPSA) is 77.5 Å². The fourth-order valence-corrected chi connectivity index (χ4v) is 3.62. The molecule has 3 rings (SSSR count). The first kappa shape index (κ1) is 30.3. The number of rotatable bonds is 7. The summed E-state index contributed by atoms with van der Waals surface area (Å²) >= 11 is 0. The molecule has 1 unspecified atom stereocenters. The van der Waals surface area contributed by atoms with Gasteiger partial charge < -0.3 is 28.7 Å². The molecular weight excluding hydrogens is 472 g/mol. The molecule has 1 N–H and O–H groups in total. The van der Waals surface area contributed by atoms with E-state index in [-0.39, 0.29) is 69.0 Å². The van der Waals surface area contributed by atoms with Crippen molar-refractivity contribution in [3.63, 3.8) is 0 Å². The smallest absolute Gasteiger partial charge is 0.555 e. The summed E-state index contributed by atoms with van der Waals surface area (Å²) in [7, 11) is 1.72. The molecular formula is C26H37BKNO6. The van der Waals surface area contributed by atoms with Crippen molar-refractivity contribution in [2.24, 2.45) is 5.41 Å². The van der Waals surface area contributed by atoms with Gasteiger partial charge in [0.2, 0.25) is 0 Å². The van der Waals surface area contributed by atoms with Gasteiger partial charge in [-0.05, 0) is 38.5 Å². The fraction of sp³-hybridized carbons (Fsp3) is 0.500. The minimum absolute atomic E-state index is 0. The number of carbonyl (C=O) groups excluding carboxylic acids is 1. The first-order valence-electron chi connectivity index (χ1n) is 11.8. The number of nitrogens with zero attached hydrogens (tertiary/aromatic N) is 1. The average Bonchev–Trinajstić information content (AvgIpc) is 2.78. The first-order chi connectivity index (χ1) is 15.9. The van der Waals surface area contributed by atoms with Gasteiger partial charge in [-0.3, -0.25) is 0 Å². The predicted octanol–water partition coefficient (Wildman–Crippen LogP) is 1.28. The molecule has 1 heterocycles. The minimum Gasteiger partial charge on any atom is -0.555 e. The Morgan fingerprint density at radius 3 is 2.20 bits per heavy atom. The predicted molar refractivity (Wildman–Crippen MR) is 133 cm³/mol. The van der Waals surface area contributed by atoms with Gasteiger partial charge in [-0.15, -0.1) is 5.46 Å². The van der Waals surface area contributed by atoms with Crippen LogP contribution < -0.4 is 61.6 Å². The molecule has 186 valence electrons. The zero-order valence-corrected chi connectivity index (χ0v) is 25.2. The van der Waals surface area contributed by atoms with E-state index in [1.54, 1.807) is 36.2 Å². The van der Waals surface area contributed by atoms with Crippen molar-refractivity contribution in [3.8, 4) is 5.75 Å². The van der Waals surface area contributed by atoms with E-state index in [0.29, 0.717) is 37.4 Å². The van der Waals surface area contributed by atoms with E-state index in [9.17, 15) is 9.82 Å². The van der Waals surface area contributed by atoms with Gasteiger partial charge >= 0.3 is 64.2 Å². The zero-order valence-electron chi connectivity index (χ0n) is 22.1. The van der Waals surface area contributed by atoms with Crippen molar-refractivity contribution < 1.29 is 80.0 Å². The third kappa shape index (κ3) is 9.16. The molecule has 2 aromatic carbocycles. The summed E-state index contributed by atoms with van der Waals surface area (Å²) in [5.74, 6) is 0.646. The van der Waals surface area contributed by atoms with Crippen molar-refractivity contribution in [1.29, 1.82) is 0 Å². The van der Waals surface area contributed by atoms with E-state index in [0.717, 1.165) is 5.56 Å². The van der Waals surface area contributed by atoms with Gasteiger partial charge in [0.25, 0.3) is 0 Å². The molecule has 1 aliphatic heterocycles. The Kier molecular flexibility index (Phi) is 10.9. The molecule has 35 heavy (non-hydrogen) atoms. The first-order valence-corrected chi connectivity index (χ1v) is 11.8. The van der Waals surface area contributed by atoms with E-state index in [2.05, 4.69) is 0 Å². The molecule has 1 amide bonds. The Morgan fingerprint density at radius 2 is 1.66 bits per heavy atom. The normalized spacial score (nSPS) is 17.6. The molecule has 9 heteroatoms. The third-order valence-corrected chi connectivity index (χ3v) is 5.58. The maximum atomic E-state index is 12.3. The molecule has 0 bridgehead atoms. The number of ether oxygens (including phenoxy) is 2. The van der Waals surface area contributed by atoms with Crippen LogP contribution in [0.4, 0.5) is 4.79 Å². The van der Waals surface area contributed by atoms with E-state index in [1.807, 2.05) is 65.0 Å². The van der Waals surface area contributed by atoms with Gasteiger partial charge in [0.1, 0.15) is 17.5 Å². The Hall–Kier alpha value is -0.909. The summed E-state index contributed by atoms with van der Waals surface area (Å²) in [6, 6.07) is 17.0. The Morgan fingerprint density at radius 1 is 1.09 bits per heavy atom. The van der Waals surface area contributed by atoms with Crippen LogP contribution in [-0.4, -0.2) is 55.2 Å². The van der Waals surface area contributed by atoms with Gasteiger partial charge in [-0.2, -0.15) is 0 Å². The van der Waals surface area contributed by atoms with Crippen LogP contribution in [0, 0.1) is 5.41 Å². The molecule has 7 nitrogen and oxygen atoms in total. The van der Waals surface area contributed by atoms with Crippen molar-refractivity contribution in [1.82, 2.24) is 4.90 Å². The summed E-state index contributed by atoms with van der Waals surface area (Å²) in [4.78, 5) is 13.9. The van der Waals surface area contributed by atoms with Gasteiger partial charge in [-0.25, -0.2) is 4.79 Å². The molecule has 0 saturated carbocycles. The number of hydrogen-bond donors (Lipinski definition) is 1. The molecule has 1 aliphatic rings. The Balaban J connectivity index is 0.00000432. The second-order valence-electron chi connectivity index (χ2n) is 10.7. The van der Waals surface area contributed by atoms with Crippen molar-refractivity contribution in [2.45, 2.75) is 52.7 Å². The van der Waals surface area contributed by atoms with Crippen LogP contribution in [0.2, 0.25) is 0 Å². The van der Waals surface area contributed by atoms with Gasteiger partial charge in [-0.1, -0.05) is 56.3 Å². The van der Waals surface area contributed by atoms with Crippen LogP contribution in [0.3, 0.4) is 0 Å². The summed E-state index contributed by atoms with van der Waals surface area (Å²) in [5.41, 5.74) is 0.902. The summed E-state index contributed by atoms with van der Waals surface area (Å²) < 4.78 is 23.1. The molecule has 0 spiro atoms. The van der Waals surface area contributed by atoms with Gasteiger partial charge in [0, 0.05) is 38.6 Å². The SMILES string of the molecule is CN(CCC(Oc1ccc([B-]2(O)OCC(C)(C)CO2)cc1)c1ccccc1)C(=O)OC(C)(C)C.[K+]. The number of hydrogen-bond acceptors (Lipinski definition) is 6. The quantitative estimate of drug-likeness (QED) is 0.567. The second-order valence-corrected chi connectivity index (χ2v) is 10.7. The number of carbonyl (C=O) groups is 1. The molecule has 0 aromatic heterocycles. The summed E-state index contributed by atoms with van der Waals surface area (Å²) in [6.45, 7) is 8.41. The van der Waals surface area contributed by atoms with Crippen LogP contribution in [0.1, 0.15) is 52.7 Å². The molecule has 1 saturated heterocycles. The van der Waals surface area contributed by atoms with Crippen LogP contribution in [0.15, 0.2) is 54.6 Å². The fourth-order valence-electron chi connectivity index (χ4n) is 3.62. The van der Waals surface area contributed by atoms with Crippen LogP contribution in [-0.2, 0) is 14.0 Å². The van der Waals surface area contributed by atoms with Crippen LogP contribution in [0.5, 0.6) is 5.75 Å². The summed E-state index contributed by atoms with van der Waals surface area (Å²) in [6.07, 6.45) is -0.0558. The summed E-state index contributed by atoms with van der Waals surface area (Å²) in [5, 5.41) is 10.8. The molecule has 1 fully saturated rings. The van der Waals surface area contributed by atoms with E-state index in [1.165, 1.54) is 0 Å². The largest absolute Gasteiger partial charge is 1.00 e. The second kappa shape index (κ2) is 12.6.